The number of alkyl halides is 6. The number of sulfone groups is 1. The Labute approximate surface area is 221 Å². The van der Waals surface area contributed by atoms with E-state index in [9.17, 15) is 39.6 Å². The number of amides is 1. The molecule has 5 nitrogen and oxygen atoms in total. The molecule has 0 spiro atoms. The van der Waals surface area contributed by atoms with Gasteiger partial charge in [-0.1, -0.05) is 40.9 Å². The van der Waals surface area contributed by atoms with Crippen LogP contribution in [0.2, 0.25) is 15.1 Å². The van der Waals surface area contributed by atoms with E-state index < -0.39 is 75.2 Å². The summed E-state index contributed by atoms with van der Waals surface area (Å²) in [6, 6.07) is 3.61. The normalized spacial score (nSPS) is 21.9. The van der Waals surface area contributed by atoms with Gasteiger partial charge in [-0.2, -0.15) is 26.3 Å². The fourth-order valence-corrected chi connectivity index (χ4v) is 6.16. The van der Waals surface area contributed by atoms with Crippen LogP contribution in [0.25, 0.3) is 0 Å². The molecule has 1 amide bonds. The number of hydrogen-bond acceptors (Lipinski definition) is 4. The number of carbonyl (C=O) groups is 1. The first-order valence-corrected chi connectivity index (χ1v) is 13.4. The number of nitrogens with zero attached hydrogens (tertiary/aromatic N) is 1. The van der Waals surface area contributed by atoms with Crippen molar-refractivity contribution in [2.75, 3.05) is 18.1 Å². The molecule has 0 aromatic heterocycles. The molecule has 0 saturated carbocycles. The highest BCUT2D eigenvalue weighted by Crippen LogP contribution is 2.50. The van der Waals surface area contributed by atoms with Crippen molar-refractivity contribution < 1.29 is 39.6 Å². The number of halogens is 9. The monoisotopic (exact) mass is 606 g/mol. The standard InChI is InChI=1S/C22H15Cl3F6N2O3S/c23-15-4-11(5-16(24)18(15)25)20(22(29,30)31)6-17(32-9-20)10-1-2-13(14(3-10)21(26,27)28)19(34)33-12-7-37(35,36)8-12/h1-5,12H,6-9H2,(H,33,34). The van der Waals surface area contributed by atoms with Crippen LogP contribution in [0, 0.1) is 0 Å². The van der Waals surface area contributed by atoms with E-state index in [1.165, 1.54) is 0 Å². The van der Waals surface area contributed by atoms with Crippen LogP contribution in [0.3, 0.4) is 0 Å². The van der Waals surface area contributed by atoms with Crippen LogP contribution >= 0.6 is 34.8 Å². The summed E-state index contributed by atoms with van der Waals surface area (Å²) in [5, 5.41) is 1.63. The van der Waals surface area contributed by atoms with Gasteiger partial charge in [0, 0.05) is 12.1 Å². The van der Waals surface area contributed by atoms with Crippen molar-refractivity contribution >= 4 is 56.3 Å². The summed E-state index contributed by atoms with van der Waals surface area (Å²) in [6.07, 6.45) is -10.7. The fourth-order valence-electron chi connectivity index (χ4n) is 4.27. The van der Waals surface area contributed by atoms with Crippen LogP contribution in [0.15, 0.2) is 35.3 Å². The number of hydrogen-bond donors (Lipinski definition) is 1. The first-order valence-electron chi connectivity index (χ1n) is 10.4. The van der Waals surface area contributed by atoms with E-state index in [2.05, 4.69) is 10.3 Å². The summed E-state index contributed by atoms with van der Waals surface area (Å²) in [4.78, 5) is 16.4. The molecule has 1 N–H and O–H groups in total. The van der Waals surface area contributed by atoms with Crippen LogP contribution < -0.4 is 5.32 Å². The van der Waals surface area contributed by atoms with E-state index in [1.807, 2.05) is 0 Å². The van der Waals surface area contributed by atoms with Gasteiger partial charge in [0.1, 0.15) is 5.41 Å². The molecule has 0 bridgehead atoms. The van der Waals surface area contributed by atoms with E-state index >= 15 is 0 Å². The first-order chi connectivity index (χ1) is 16.9. The van der Waals surface area contributed by atoms with Crippen molar-refractivity contribution in [3.8, 4) is 0 Å². The van der Waals surface area contributed by atoms with E-state index in [0.717, 1.165) is 24.3 Å². The molecule has 0 aliphatic carbocycles. The molecule has 1 fully saturated rings. The van der Waals surface area contributed by atoms with Crippen molar-refractivity contribution in [2.24, 2.45) is 4.99 Å². The summed E-state index contributed by atoms with van der Waals surface area (Å²) >= 11 is 17.7. The molecule has 2 aromatic carbocycles. The number of rotatable bonds is 4. The number of nitrogens with one attached hydrogen (secondary N) is 1. The van der Waals surface area contributed by atoms with Crippen molar-refractivity contribution in [1.82, 2.24) is 5.32 Å². The minimum absolute atomic E-state index is 0.147. The second-order valence-corrected chi connectivity index (χ2v) is 12.1. The maximum absolute atomic E-state index is 14.3. The Morgan fingerprint density at radius 2 is 1.59 bits per heavy atom. The molecule has 2 heterocycles. The highest BCUT2D eigenvalue weighted by Gasteiger charge is 2.58. The molecule has 2 aliphatic rings. The Morgan fingerprint density at radius 1 is 1.00 bits per heavy atom. The molecule has 1 saturated heterocycles. The molecule has 200 valence electrons. The quantitative estimate of drug-likeness (QED) is 0.348. The minimum Gasteiger partial charge on any atom is -0.347 e. The van der Waals surface area contributed by atoms with Gasteiger partial charge >= 0.3 is 12.4 Å². The zero-order chi connectivity index (χ0) is 27.6. The Hall–Kier alpha value is -2.02. The zero-order valence-electron chi connectivity index (χ0n) is 18.3. The zero-order valence-corrected chi connectivity index (χ0v) is 21.4. The molecule has 1 atom stereocenters. The Kier molecular flexibility index (Phi) is 7.05. The predicted molar refractivity (Wildman–Crippen MR) is 127 cm³/mol. The number of benzene rings is 2. The van der Waals surface area contributed by atoms with E-state index in [4.69, 9.17) is 34.8 Å². The average molecular weight is 608 g/mol. The highest BCUT2D eigenvalue weighted by molar-refractivity contribution is 7.92. The lowest BCUT2D eigenvalue weighted by Gasteiger charge is -2.32. The van der Waals surface area contributed by atoms with Gasteiger partial charge in [-0.05, 0) is 35.4 Å². The summed E-state index contributed by atoms with van der Waals surface area (Å²) < 4.78 is 107. The van der Waals surface area contributed by atoms with Crippen LogP contribution in [-0.2, 0) is 21.4 Å². The lowest BCUT2D eigenvalue weighted by Crippen LogP contribution is -2.53. The second kappa shape index (κ2) is 9.32. The van der Waals surface area contributed by atoms with Gasteiger partial charge in [0.15, 0.2) is 9.84 Å². The Balaban J connectivity index is 1.68. The summed E-state index contributed by atoms with van der Waals surface area (Å²) in [5.41, 5.74) is -5.67. The van der Waals surface area contributed by atoms with Gasteiger partial charge < -0.3 is 5.32 Å². The molecule has 4 rings (SSSR count). The van der Waals surface area contributed by atoms with Crippen LogP contribution in [0.4, 0.5) is 26.3 Å². The third-order valence-corrected chi connectivity index (χ3v) is 9.25. The molecule has 1 unspecified atom stereocenters. The lowest BCUT2D eigenvalue weighted by molar-refractivity contribution is -0.183. The van der Waals surface area contributed by atoms with Gasteiger partial charge in [-0.15, -0.1) is 0 Å². The van der Waals surface area contributed by atoms with Crippen molar-refractivity contribution in [1.29, 1.82) is 0 Å². The molecule has 15 heteroatoms. The smallest absolute Gasteiger partial charge is 0.347 e. The summed E-state index contributed by atoms with van der Waals surface area (Å²) in [6.45, 7) is -0.833. The first kappa shape index (κ1) is 28.0. The third-order valence-electron chi connectivity index (χ3n) is 6.24. The summed E-state index contributed by atoms with van der Waals surface area (Å²) in [5.74, 6) is -1.94. The maximum atomic E-state index is 14.3. The number of carbonyl (C=O) groups excluding carboxylic acids is 1. The van der Waals surface area contributed by atoms with Gasteiger partial charge in [-0.3, -0.25) is 9.79 Å². The van der Waals surface area contributed by atoms with E-state index in [0.29, 0.717) is 6.07 Å². The molecule has 2 aliphatic heterocycles. The minimum atomic E-state index is -5.04. The lowest BCUT2D eigenvalue weighted by atomic mass is 9.76. The van der Waals surface area contributed by atoms with Gasteiger partial charge in [-0.25, -0.2) is 8.42 Å². The van der Waals surface area contributed by atoms with Gasteiger partial charge in [0.05, 0.1) is 50.3 Å². The number of aliphatic imine (C=N–C) groups is 1. The third kappa shape index (κ3) is 5.30. The topological polar surface area (TPSA) is 75.6 Å². The van der Waals surface area contributed by atoms with Crippen LogP contribution in [0.1, 0.15) is 33.5 Å². The van der Waals surface area contributed by atoms with Crippen LogP contribution in [0.5, 0.6) is 0 Å². The Bertz CT molecular complexity index is 1390. The average Bonchev–Trinajstić information content (AvgIpc) is 3.22. The predicted octanol–water partition coefficient (Wildman–Crippen LogP) is 5.89. The van der Waals surface area contributed by atoms with E-state index in [-0.39, 0.29) is 31.9 Å². The molecule has 0 radical (unpaired) electrons. The molecule has 37 heavy (non-hydrogen) atoms. The molecule has 2 aromatic rings. The SMILES string of the molecule is O=C(NC1CS(=O)(=O)C1)c1ccc(C2=NCC(c3cc(Cl)c(Cl)c(Cl)c3)(C(F)(F)F)C2)cc1C(F)(F)F. The maximum Gasteiger partial charge on any atom is 0.417 e. The van der Waals surface area contributed by atoms with Crippen LogP contribution in [-0.4, -0.2) is 50.3 Å². The second-order valence-electron chi connectivity index (χ2n) is 8.78. The fraction of sp³-hybridized carbons (Fsp3) is 0.364. The van der Waals surface area contributed by atoms with Crippen molar-refractivity contribution in [3.63, 3.8) is 0 Å². The molecular weight excluding hydrogens is 593 g/mol. The summed E-state index contributed by atoms with van der Waals surface area (Å²) in [7, 11) is -3.34. The highest BCUT2D eigenvalue weighted by atomic mass is 35.5. The van der Waals surface area contributed by atoms with Crippen molar-refractivity contribution in [2.45, 2.75) is 30.2 Å². The van der Waals surface area contributed by atoms with Gasteiger partial charge in [0.25, 0.3) is 5.91 Å². The molecular formula is C22H15Cl3F6N2O3S. The van der Waals surface area contributed by atoms with Gasteiger partial charge in [0.2, 0.25) is 0 Å². The largest absolute Gasteiger partial charge is 0.417 e. The van der Waals surface area contributed by atoms with Crippen molar-refractivity contribution in [3.05, 3.63) is 67.7 Å². The van der Waals surface area contributed by atoms with E-state index in [1.54, 1.807) is 0 Å². The Morgan fingerprint density at radius 3 is 2.11 bits per heavy atom.